The van der Waals surface area contributed by atoms with Crippen molar-refractivity contribution in [3.63, 3.8) is 0 Å². The Kier molecular flexibility index (Phi) is 7.63. The number of ether oxygens (including phenoxy) is 1. The standard InChI is InChI=1S/C18H19ClF3N3O5S2/c19-14-9-23-17(31-14)24-16(27)13(7-11-2-5-30-6-3-11)25-4-1-12(8-15(25)26)32(28,29)10-18(20,21)22/h1,4,8-9,11,13H,2-3,5-7,10H2,(H,23,24,27)/t13-/m1/s1. The van der Waals surface area contributed by atoms with Crippen LogP contribution in [-0.4, -0.2) is 49.0 Å². The molecule has 176 valence electrons. The van der Waals surface area contributed by atoms with Gasteiger partial charge in [0.25, 0.3) is 5.56 Å². The Hall–Kier alpha value is -1.96. The van der Waals surface area contributed by atoms with Crippen molar-refractivity contribution in [1.82, 2.24) is 9.55 Å². The van der Waals surface area contributed by atoms with Crippen LogP contribution in [0.2, 0.25) is 4.34 Å². The van der Waals surface area contributed by atoms with Gasteiger partial charge in [0, 0.05) is 25.5 Å². The van der Waals surface area contributed by atoms with E-state index in [2.05, 4.69) is 10.3 Å². The zero-order valence-electron chi connectivity index (χ0n) is 16.5. The van der Waals surface area contributed by atoms with E-state index in [4.69, 9.17) is 16.3 Å². The van der Waals surface area contributed by atoms with Crippen LogP contribution in [0.25, 0.3) is 0 Å². The summed E-state index contributed by atoms with van der Waals surface area (Å²) in [4.78, 5) is 28.8. The highest BCUT2D eigenvalue weighted by Gasteiger charge is 2.36. The molecule has 1 aliphatic heterocycles. The van der Waals surface area contributed by atoms with Gasteiger partial charge in [-0.2, -0.15) is 13.2 Å². The van der Waals surface area contributed by atoms with Gasteiger partial charge in [0.05, 0.1) is 11.1 Å². The maximum absolute atomic E-state index is 13.0. The topological polar surface area (TPSA) is 107 Å². The molecule has 1 amide bonds. The minimum atomic E-state index is -4.95. The number of carbonyl (C=O) groups excluding carboxylic acids is 1. The van der Waals surface area contributed by atoms with E-state index in [1.54, 1.807) is 0 Å². The van der Waals surface area contributed by atoms with Crippen LogP contribution in [0.5, 0.6) is 0 Å². The van der Waals surface area contributed by atoms with Gasteiger partial charge >= 0.3 is 6.18 Å². The van der Waals surface area contributed by atoms with Crippen LogP contribution in [0.3, 0.4) is 0 Å². The Morgan fingerprint density at radius 1 is 1.38 bits per heavy atom. The van der Waals surface area contributed by atoms with Crippen molar-refractivity contribution >= 4 is 43.8 Å². The summed E-state index contributed by atoms with van der Waals surface area (Å²) >= 11 is 6.84. The van der Waals surface area contributed by atoms with E-state index in [-0.39, 0.29) is 17.5 Å². The number of nitrogens with one attached hydrogen (secondary N) is 1. The van der Waals surface area contributed by atoms with Gasteiger partial charge < -0.3 is 14.6 Å². The molecule has 1 fully saturated rings. The first-order valence-corrected chi connectivity index (χ1v) is 12.3. The van der Waals surface area contributed by atoms with Gasteiger partial charge in [-0.3, -0.25) is 9.59 Å². The SMILES string of the molecule is O=C(Nc1ncc(Cl)s1)[C@@H](CC1CCOCC1)n1ccc(S(=O)(=O)CC(F)(F)F)cc1=O. The molecule has 3 heterocycles. The molecular formula is C18H19ClF3N3O5S2. The van der Waals surface area contributed by atoms with Crippen LogP contribution in [-0.2, 0) is 19.4 Å². The largest absolute Gasteiger partial charge is 0.403 e. The summed E-state index contributed by atoms with van der Waals surface area (Å²) in [5.41, 5.74) is -0.905. The van der Waals surface area contributed by atoms with E-state index in [1.165, 1.54) is 6.20 Å². The third-order valence-electron chi connectivity index (χ3n) is 4.88. The van der Waals surface area contributed by atoms with Crippen LogP contribution in [0.4, 0.5) is 18.3 Å². The number of rotatable bonds is 7. The van der Waals surface area contributed by atoms with Gasteiger partial charge in [0.15, 0.2) is 20.7 Å². The molecule has 0 saturated carbocycles. The van der Waals surface area contributed by atoms with Gasteiger partial charge in [-0.1, -0.05) is 22.9 Å². The molecule has 0 aromatic carbocycles. The van der Waals surface area contributed by atoms with E-state index in [9.17, 15) is 31.2 Å². The summed E-state index contributed by atoms with van der Waals surface area (Å²) in [5.74, 6) is -2.60. The summed E-state index contributed by atoms with van der Waals surface area (Å²) in [7, 11) is -4.75. The number of pyridine rings is 1. The number of thiazole rings is 1. The third-order valence-corrected chi connectivity index (χ3v) is 7.59. The van der Waals surface area contributed by atoms with Crippen LogP contribution in [0, 0.1) is 5.92 Å². The number of hydrogen-bond donors (Lipinski definition) is 1. The molecule has 0 aliphatic carbocycles. The molecular weight excluding hydrogens is 495 g/mol. The minimum Gasteiger partial charge on any atom is -0.381 e. The fraction of sp³-hybridized carbons (Fsp3) is 0.500. The Labute approximate surface area is 190 Å². The second-order valence-corrected chi connectivity index (χ2v) is 10.9. The summed E-state index contributed by atoms with van der Waals surface area (Å²) in [5, 5.41) is 2.80. The van der Waals surface area contributed by atoms with Crippen molar-refractivity contribution in [3.8, 4) is 0 Å². The molecule has 8 nitrogen and oxygen atoms in total. The number of hydrogen-bond acceptors (Lipinski definition) is 7. The van der Waals surface area contributed by atoms with Crippen molar-refractivity contribution in [2.75, 3.05) is 24.3 Å². The van der Waals surface area contributed by atoms with E-state index < -0.39 is 44.2 Å². The number of amides is 1. The van der Waals surface area contributed by atoms with Crippen LogP contribution >= 0.6 is 22.9 Å². The predicted molar refractivity (Wildman–Crippen MR) is 112 cm³/mol. The Bertz CT molecular complexity index is 1130. The quantitative estimate of drug-likeness (QED) is 0.609. The van der Waals surface area contributed by atoms with Crippen molar-refractivity contribution in [3.05, 3.63) is 39.2 Å². The van der Waals surface area contributed by atoms with Crippen molar-refractivity contribution in [2.24, 2.45) is 5.92 Å². The first-order valence-electron chi connectivity index (χ1n) is 9.46. The van der Waals surface area contributed by atoms with E-state index in [1.807, 2.05) is 0 Å². The Morgan fingerprint density at radius 3 is 2.62 bits per heavy atom. The lowest BCUT2D eigenvalue weighted by Gasteiger charge is -2.27. The number of alkyl halides is 3. The molecule has 0 spiro atoms. The summed E-state index contributed by atoms with van der Waals surface area (Å²) in [6.45, 7) is 1.01. The molecule has 2 aromatic heterocycles. The first-order chi connectivity index (χ1) is 14.9. The van der Waals surface area contributed by atoms with Gasteiger partial charge in [0.2, 0.25) is 5.91 Å². The molecule has 1 N–H and O–H groups in total. The number of anilines is 1. The van der Waals surface area contributed by atoms with Crippen molar-refractivity contribution < 1.29 is 31.1 Å². The molecule has 0 bridgehead atoms. The van der Waals surface area contributed by atoms with Gasteiger partial charge in [0.1, 0.15) is 10.4 Å². The van der Waals surface area contributed by atoms with E-state index >= 15 is 0 Å². The Morgan fingerprint density at radius 2 is 2.06 bits per heavy atom. The zero-order valence-corrected chi connectivity index (χ0v) is 18.9. The molecule has 1 aliphatic rings. The second kappa shape index (κ2) is 9.89. The third kappa shape index (κ3) is 6.53. The van der Waals surface area contributed by atoms with Gasteiger partial charge in [-0.15, -0.1) is 0 Å². The smallest absolute Gasteiger partial charge is 0.381 e. The zero-order chi connectivity index (χ0) is 23.5. The normalized spacial score (nSPS) is 16.6. The molecule has 3 rings (SSSR count). The molecule has 14 heteroatoms. The lowest BCUT2D eigenvalue weighted by molar-refractivity contribution is -0.120. The van der Waals surface area contributed by atoms with Crippen LogP contribution < -0.4 is 10.9 Å². The maximum Gasteiger partial charge on any atom is 0.403 e. The summed E-state index contributed by atoms with van der Waals surface area (Å²) < 4.78 is 68.4. The average molecular weight is 514 g/mol. The lowest BCUT2D eigenvalue weighted by atomic mass is 9.92. The second-order valence-electron chi connectivity index (χ2n) is 7.25. The van der Waals surface area contributed by atoms with E-state index in [0.29, 0.717) is 36.5 Å². The molecule has 2 aromatic rings. The average Bonchev–Trinajstić information content (AvgIpc) is 3.10. The molecule has 32 heavy (non-hydrogen) atoms. The number of carbonyl (C=O) groups is 1. The fourth-order valence-electron chi connectivity index (χ4n) is 3.37. The van der Waals surface area contributed by atoms with Crippen molar-refractivity contribution in [1.29, 1.82) is 0 Å². The molecule has 0 unspecified atom stereocenters. The highest BCUT2D eigenvalue weighted by molar-refractivity contribution is 7.91. The maximum atomic E-state index is 13.0. The monoisotopic (exact) mass is 513 g/mol. The minimum absolute atomic E-state index is 0.0555. The number of aromatic nitrogens is 2. The number of nitrogens with zero attached hydrogens (tertiary/aromatic N) is 2. The van der Waals surface area contributed by atoms with Gasteiger partial charge in [-0.05, 0) is 31.2 Å². The first kappa shape index (κ1) is 24.7. The van der Waals surface area contributed by atoms with Crippen molar-refractivity contribution in [2.45, 2.75) is 36.4 Å². The molecule has 1 atom stereocenters. The number of sulfone groups is 1. The van der Waals surface area contributed by atoms with Gasteiger partial charge in [-0.25, -0.2) is 13.4 Å². The van der Waals surface area contributed by atoms with Crippen LogP contribution in [0.1, 0.15) is 25.3 Å². The molecule has 1 saturated heterocycles. The van der Waals surface area contributed by atoms with Crippen LogP contribution in [0.15, 0.2) is 34.2 Å². The fourth-order valence-corrected chi connectivity index (χ4v) is 5.33. The number of halogens is 4. The highest BCUT2D eigenvalue weighted by Crippen LogP contribution is 2.29. The van der Waals surface area contributed by atoms with E-state index in [0.717, 1.165) is 28.2 Å². The molecule has 0 radical (unpaired) electrons. The summed E-state index contributed by atoms with van der Waals surface area (Å²) in [6.07, 6.45) is -0.984. The predicted octanol–water partition coefficient (Wildman–Crippen LogP) is 3.29. The lowest BCUT2D eigenvalue weighted by Crippen LogP contribution is -2.35. The Balaban J connectivity index is 1.90. The highest BCUT2D eigenvalue weighted by atomic mass is 35.5. The summed E-state index contributed by atoms with van der Waals surface area (Å²) in [6, 6.07) is 0.464.